The number of ether oxygens (including phenoxy) is 3. The molecule has 2 aromatic carbocycles. The normalized spacial score (nSPS) is 12.4. The van der Waals surface area contributed by atoms with Crippen molar-refractivity contribution in [2.24, 2.45) is 0 Å². The Hall–Kier alpha value is -2.19. The lowest BCUT2D eigenvalue weighted by atomic mass is 10.2. The van der Waals surface area contributed by atoms with Crippen molar-refractivity contribution in [2.45, 2.75) is 24.5 Å². The number of hydrogen-bond acceptors (Lipinski definition) is 7. The number of benzene rings is 2. The SMILES string of the molecule is Cc1ccc(OCc2nnc(SCc3cc4c(cc3Br)OCO4)o2)cc1. The molecule has 0 radical (unpaired) electrons. The summed E-state index contributed by atoms with van der Waals surface area (Å²) in [7, 11) is 0. The number of thioether (sulfide) groups is 1. The highest BCUT2D eigenvalue weighted by Gasteiger charge is 2.17. The maximum Gasteiger partial charge on any atom is 0.277 e. The van der Waals surface area contributed by atoms with E-state index in [-0.39, 0.29) is 13.4 Å². The number of halogens is 1. The quantitative estimate of drug-likeness (QED) is 0.518. The standard InChI is InChI=1S/C18H15BrN2O4S/c1-11-2-4-13(5-3-11)22-8-17-20-21-18(25-17)26-9-12-6-15-16(7-14(12)19)24-10-23-15/h2-7H,8-10H2,1H3. The first kappa shape index (κ1) is 17.2. The molecule has 0 atom stereocenters. The third-order valence-corrected chi connectivity index (χ3v) is 5.33. The van der Waals surface area contributed by atoms with Crippen LogP contribution in [0.5, 0.6) is 17.2 Å². The zero-order chi connectivity index (χ0) is 17.9. The summed E-state index contributed by atoms with van der Waals surface area (Å²) >= 11 is 5.00. The van der Waals surface area contributed by atoms with Crippen molar-refractivity contribution in [1.29, 1.82) is 0 Å². The molecule has 134 valence electrons. The second kappa shape index (κ2) is 7.59. The fraction of sp³-hybridized carbons (Fsp3) is 0.222. The summed E-state index contributed by atoms with van der Waals surface area (Å²) in [6.45, 7) is 2.53. The highest BCUT2D eigenvalue weighted by molar-refractivity contribution is 9.10. The van der Waals surface area contributed by atoms with Gasteiger partial charge in [0.05, 0.1) is 0 Å². The molecule has 1 aliphatic rings. The van der Waals surface area contributed by atoms with Gasteiger partial charge in [0.25, 0.3) is 11.1 Å². The molecule has 6 nitrogen and oxygen atoms in total. The first-order valence-electron chi connectivity index (χ1n) is 7.90. The summed E-state index contributed by atoms with van der Waals surface area (Å²) in [5.41, 5.74) is 2.25. The number of nitrogens with zero attached hydrogens (tertiary/aromatic N) is 2. The molecule has 0 saturated carbocycles. The molecule has 3 aromatic rings. The summed E-state index contributed by atoms with van der Waals surface area (Å²) in [4.78, 5) is 0. The smallest absolute Gasteiger partial charge is 0.277 e. The molecule has 0 amide bonds. The third-order valence-electron chi connectivity index (χ3n) is 3.72. The molecule has 26 heavy (non-hydrogen) atoms. The van der Waals surface area contributed by atoms with E-state index in [0.717, 1.165) is 27.3 Å². The van der Waals surface area contributed by atoms with Crippen LogP contribution in [0.25, 0.3) is 0 Å². The first-order chi connectivity index (χ1) is 12.7. The van der Waals surface area contributed by atoms with Crippen molar-refractivity contribution in [3.63, 3.8) is 0 Å². The lowest BCUT2D eigenvalue weighted by Gasteiger charge is -2.04. The van der Waals surface area contributed by atoms with E-state index in [1.807, 2.05) is 43.3 Å². The molecule has 0 fully saturated rings. The zero-order valence-electron chi connectivity index (χ0n) is 13.9. The summed E-state index contributed by atoms with van der Waals surface area (Å²) in [6.07, 6.45) is 0. The van der Waals surface area contributed by atoms with Crippen LogP contribution in [-0.4, -0.2) is 17.0 Å². The minimum atomic E-state index is 0.240. The van der Waals surface area contributed by atoms with Crippen molar-refractivity contribution in [3.05, 3.63) is 57.9 Å². The van der Waals surface area contributed by atoms with Gasteiger partial charge in [0.1, 0.15) is 5.75 Å². The minimum Gasteiger partial charge on any atom is -0.484 e. The molecule has 1 aromatic heterocycles. The summed E-state index contributed by atoms with van der Waals surface area (Å²) in [6, 6.07) is 11.7. The Morgan fingerprint density at radius 1 is 1.12 bits per heavy atom. The average Bonchev–Trinajstić information content (AvgIpc) is 3.28. The fourth-order valence-corrected chi connectivity index (χ4v) is 3.76. The van der Waals surface area contributed by atoms with Crippen molar-refractivity contribution in [1.82, 2.24) is 10.2 Å². The Morgan fingerprint density at radius 3 is 2.69 bits per heavy atom. The monoisotopic (exact) mass is 434 g/mol. The molecule has 0 bridgehead atoms. The van der Waals surface area contributed by atoms with E-state index < -0.39 is 0 Å². The van der Waals surface area contributed by atoms with Gasteiger partial charge in [0.2, 0.25) is 6.79 Å². The van der Waals surface area contributed by atoms with Crippen LogP contribution in [0.3, 0.4) is 0 Å². The molecule has 8 heteroatoms. The van der Waals surface area contributed by atoms with E-state index in [1.165, 1.54) is 17.3 Å². The highest BCUT2D eigenvalue weighted by atomic mass is 79.9. The lowest BCUT2D eigenvalue weighted by Crippen LogP contribution is -1.95. The number of aromatic nitrogens is 2. The van der Waals surface area contributed by atoms with Crippen molar-refractivity contribution < 1.29 is 18.6 Å². The van der Waals surface area contributed by atoms with Gasteiger partial charge in [-0.15, -0.1) is 10.2 Å². The maximum atomic E-state index is 5.65. The third kappa shape index (κ3) is 3.96. The van der Waals surface area contributed by atoms with Crippen LogP contribution < -0.4 is 14.2 Å². The maximum absolute atomic E-state index is 5.65. The van der Waals surface area contributed by atoms with Crippen LogP contribution in [0.4, 0.5) is 0 Å². The fourth-order valence-electron chi connectivity index (χ4n) is 2.34. The molecular formula is C18H15BrN2O4S. The van der Waals surface area contributed by atoms with Crippen molar-refractivity contribution >= 4 is 27.7 Å². The van der Waals surface area contributed by atoms with Crippen LogP contribution in [0.15, 0.2) is 50.5 Å². The second-order valence-electron chi connectivity index (χ2n) is 5.65. The predicted octanol–water partition coefficient (Wildman–Crippen LogP) is 4.74. The van der Waals surface area contributed by atoms with Crippen LogP contribution in [0.2, 0.25) is 0 Å². The molecule has 0 saturated heterocycles. The van der Waals surface area contributed by atoms with Gasteiger partial charge in [-0.25, -0.2) is 0 Å². The minimum absolute atomic E-state index is 0.240. The van der Waals surface area contributed by atoms with Crippen molar-refractivity contribution in [3.8, 4) is 17.2 Å². The van der Waals surface area contributed by atoms with Crippen molar-refractivity contribution in [2.75, 3.05) is 6.79 Å². The van der Waals surface area contributed by atoms with E-state index in [1.54, 1.807) is 0 Å². The molecular weight excluding hydrogens is 420 g/mol. The average molecular weight is 435 g/mol. The van der Waals surface area contributed by atoms with Gasteiger partial charge in [-0.3, -0.25) is 0 Å². The number of fused-ring (bicyclic) bond motifs is 1. The molecule has 1 aliphatic heterocycles. The summed E-state index contributed by atoms with van der Waals surface area (Å²) in [5.74, 6) is 3.38. The van der Waals surface area contributed by atoms with E-state index >= 15 is 0 Å². The largest absolute Gasteiger partial charge is 0.484 e. The molecule has 0 unspecified atom stereocenters. The zero-order valence-corrected chi connectivity index (χ0v) is 16.3. The molecule has 2 heterocycles. The predicted molar refractivity (Wildman–Crippen MR) is 99.6 cm³/mol. The van der Waals surface area contributed by atoms with Crippen LogP contribution in [0.1, 0.15) is 17.0 Å². The van der Waals surface area contributed by atoms with Gasteiger partial charge in [0, 0.05) is 10.2 Å². The van der Waals surface area contributed by atoms with Gasteiger partial charge >= 0.3 is 0 Å². The van der Waals surface area contributed by atoms with Gasteiger partial charge in [-0.1, -0.05) is 45.4 Å². The Kier molecular flexibility index (Phi) is 5.03. The van der Waals surface area contributed by atoms with Gasteiger partial charge in [0.15, 0.2) is 18.1 Å². The topological polar surface area (TPSA) is 66.6 Å². The second-order valence-corrected chi connectivity index (χ2v) is 7.43. The van der Waals surface area contributed by atoms with E-state index in [4.69, 9.17) is 18.6 Å². The molecule has 0 aliphatic carbocycles. The number of aryl methyl sites for hydroxylation is 1. The molecule has 4 rings (SSSR count). The first-order valence-corrected chi connectivity index (χ1v) is 9.68. The summed E-state index contributed by atoms with van der Waals surface area (Å²) in [5, 5.41) is 8.57. The van der Waals surface area contributed by atoms with Gasteiger partial charge in [-0.05, 0) is 36.8 Å². The van der Waals surface area contributed by atoms with Gasteiger partial charge in [-0.2, -0.15) is 0 Å². The van der Waals surface area contributed by atoms with E-state index in [9.17, 15) is 0 Å². The summed E-state index contributed by atoms with van der Waals surface area (Å²) < 4.78 is 23.0. The molecule has 0 spiro atoms. The lowest BCUT2D eigenvalue weighted by molar-refractivity contribution is 0.174. The Morgan fingerprint density at radius 2 is 1.88 bits per heavy atom. The Labute approximate surface area is 163 Å². The Bertz CT molecular complexity index is 914. The highest BCUT2D eigenvalue weighted by Crippen LogP contribution is 2.38. The number of hydrogen-bond donors (Lipinski definition) is 0. The van der Waals surface area contributed by atoms with Crippen LogP contribution in [0, 0.1) is 6.92 Å². The van der Waals surface area contributed by atoms with Crippen LogP contribution in [-0.2, 0) is 12.4 Å². The number of rotatable bonds is 6. The van der Waals surface area contributed by atoms with E-state index in [2.05, 4.69) is 26.1 Å². The van der Waals surface area contributed by atoms with E-state index in [0.29, 0.717) is 16.9 Å². The Balaban J connectivity index is 1.34. The van der Waals surface area contributed by atoms with Crippen LogP contribution >= 0.6 is 27.7 Å². The van der Waals surface area contributed by atoms with Gasteiger partial charge < -0.3 is 18.6 Å². The molecule has 0 N–H and O–H groups in total.